The van der Waals surface area contributed by atoms with Gasteiger partial charge >= 0.3 is 0 Å². The van der Waals surface area contributed by atoms with Crippen molar-refractivity contribution in [2.24, 2.45) is 5.92 Å². The zero-order valence-corrected chi connectivity index (χ0v) is 13.1. The molecular weight excluding hydrogens is 318 g/mol. The number of nitrogens with one attached hydrogen (secondary N) is 1. The predicted molar refractivity (Wildman–Crippen MR) is 85.2 cm³/mol. The SMILES string of the molecule is O=C(Nc1ccc(Cl)cn1)C1CCN(C(=O)c2ccco2)CC1. The minimum Gasteiger partial charge on any atom is -0.459 e. The Hall–Kier alpha value is -2.34. The van der Waals surface area contributed by atoms with Crippen molar-refractivity contribution in [1.82, 2.24) is 9.88 Å². The van der Waals surface area contributed by atoms with Gasteiger partial charge < -0.3 is 14.6 Å². The average molecular weight is 334 g/mol. The van der Waals surface area contributed by atoms with E-state index in [1.807, 2.05) is 0 Å². The molecule has 3 heterocycles. The zero-order valence-electron chi connectivity index (χ0n) is 12.4. The summed E-state index contributed by atoms with van der Waals surface area (Å²) in [6, 6.07) is 6.67. The number of piperidine rings is 1. The normalized spacial score (nSPS) is 15.4. The van der Waals surface area contributed by atoms with E-state index in [0.717, 1.165) is 0 Å². The van der Waals surface area contributed by atoms with Gasteiger partial charge in [0.2, 0.25) is 5.91 Å². The highest BCUT2D eigenvalue weighted by Gasteiger charge is 2.28. The number of amides is 2. The lowest BCUT2D eigenvalue weighted by atomic mass is 9.95. The van der Waals surface area contributed by atoms with Crippen molar-refractivity contribution < 1.29 is 14.0 Å². The van der Waals surface area contributed by atoms with Crippen molar-refractivity contribution in [3.8, 4) is 0 Å². The summed E-state index contributed by atoms with van der Waals surface area (Å²) in [5, 5.41) is 3.30. The molecule has 2 aromatic rings. The Morgan fingerprint density at radius 1 is 1.26 bits per heavy atom. The van der Waals surface area contributed by atoms with Gasteiger partial charge in [-0.3, -0.25) is 9.59 Å². The highest BCUT2D eigenvalue weighted by Crippen LogP contribution is 2.21. The fourth-order valence-electron chi connectivity index (χ4n) is 2.58. The largest absolute Gasteiger partial charge is 0.459 e. The Morgan fingerprint density at radius 2 is 2.04 bits per heavy atom. The predicted octanol–water partition coefficient (Wildman–Crippen LogP) is 2.82. The second-order valence-corrected chi connectivity index (χ2v) is 5.83. The fourth-order valence-corrected chi connectivity index (χ4v) is 2.69. The third-order valence-electron chi connectivity index (χ3n) is 3.86. The Kier molecular flexibility index (Phi) is 4.62. The molecule has 23 heavy (non-hydrogen) atoms. The van der Waals surface area contributed by atoms with Gasteiger partial charge in [-0.25, -0.2) is 4.98 Å². The quantitative estimate of drug-likeness (QED) is 0.937. The maximum absolute atomic E-state index is 12.3. The van der Waals surface area contributed by atoms with Crippen LogP contribution in [-0.4, -0.2) is 34.8 Å². The van der Waals surface area contributed by atoms with Crippen LogP contribution in [0.3, 0.4) is 0 Å². The number of hydrogen-bond acceptors (Lipinski definition) is 4. The molecule has 1 aliphatic heterocycles. The lowest BCUT2D eigenvalue weighted by Crippen LogP contribution is -2.41. The van der Waals surface area contributed by atoms with E-state index in [0.29, 0.717) is 42.5 Å². The number of halogens is 1. The molecule has 2 aromatic heterocycles. The molecule has 2 amide bonds. The van der Waals surface area contributed by atoms with Gasteiger partial charge in [0.15, 0.2) is 5.76 Å². The fraction of sp³-hybridized carbons (Fsp3) is 0.312. The lowest BCUT2D eigenvalue weighted by Gasteiger charge is -2.30. The molecule has 0 aromatic carbocycles. The maximum Gasteiger partial charge on any atom is 0.289 e. The Bertz CT molecular complexity index is 677. The molecule has 0 atom stereocenters. The minimum atomic E-state index is -0.131. The average Bonchev–Trinajstić information content (AvgIpc) is 3.11. The first-order chi connectivity index (χ1) is 11.1. The highest BCUT2D eigenvalue weighted by molar-refractivity contribution is 6.30. The number of pyridine rings is 1. The van der Waals surface area contributed by atoms with Gasteiger partial charge in [-0.1, -0.05) is 11.6 Å². The van der Waals surface area contributed by atoms with Crippen molar-refractivity contribution in [3.63, 3.8) is 0 Å². The summed E-state index contributed by atoms with van der Waals surface area (Å²) < 4.78 is 5.12. The van der Waals surface area contributed by atoms with Crippen LogP contribution >= 0.6 is 11.6 Å². The molecule has 120 valence electrons. The Morgan fingerprint density at radius 3 is 2.65 bits per heavy atom. The van der Waals surface area contributed by atoms with Gasteiger partial charge in [-0.15, -0.1) is 0 Å². The monoisotopic (exact) mass is 333 g/mol. The first-order valence-electron chi connectivity index (χ1n) is 7.38. The molecule has 6 nitrogen and oxygen atoms in total. The highest BCUT2D eigenvalue weighted by atomic mass is 35.5. The van der Waals surface area contributed by atoms with Crippen molar-refractivity contribution in [1.29, 1.82) is 0 Å². The summed E-state index contributed by atoms with van der Waals surface area (Å²) in [5.41, 5.74) is 0. The van der Waals surface area contributed by atoms with E-state index >= 15 is 0 Å². The van der Waals surface area contributed by atoms with Crippen LogP contribution in [0.15, 0.2) is 41.1 Å². The Balaban J connectivity index is 1.53. The second kappa shape index (κ2) is 6.83. The van der Waals surface area contributed by atoms with Gasteiger partial charge in [0.05, 0.1) is 11.3 Å². The number of carbonyl (C=O) groups is 2. The smallest absolute Gasteiger partial charge is 0.289 e. The molecule has 0 radical (unpaired) electrons. The number of furan rings is 1. The minimum absolute atomic E-state index is 0.0788. The van der Waals surface area contributed by atoms with Gasteiger partial charge in [0, 0.05) is 25.2 Å². The van der Waals surface area contributed by atoms with Crippen LogP contribution in [0.4, 0.5) is 5.82 Å². The molecule has 3 rings (SSSR count). The summed E-state index contributed by atoms with van der Waals surface area (Å²) in [6.07, 6.45) is 4.20. The molecule has 7 heteroatoms. The van der Waals surface area contributed by atoms with E-state index in [-0.39, 0.29) is 17.7 Å². The molecule has 1 saturated heterocycles. The lowest BCUT2D eigenvalue weighted by molar-refractivity contribution is -0.121. The van der Waals surface area contributed by atoms with Crippen LogP contribution in [0.25, 0.3) is 0 Å². The van der Waals surface area contributed by atoms with E-state index in [4.69, 9.17) is 16.0 Å². The third kappa shape index (κ3) is 3.71. The Labute approximate surface area is 138 Å². The van der Waals surface area contributed by atoms with Crippen LogP contribution < -0.4 is 5.32 Å². The van der Waals surface area contributed by atoms with E-state index in [9.17, 15) is 9.59 Å². The van der Waals surface area contributed by atoms with Gasteiger partial charge in [-0.05, 0) is 37.1 Å². The zero-order chi connectivity index (χ0) is 16.2. The standard InChI is InChI=1S/C16H16ClN3O3/c17-12-3-4-14(18-10-12)19-15(21)11-5-7-20(8-6-11)16(22)13-2-1-9-23-13/h1-4,9-11H,5-8H2,(H,18,19,21). The molecule has 1 N–H and O–H groups in total. The van der Waals surface area contributed by atoms with Gasteiger partial charge in [0.1, 0.15) is 5.82 Å². The second-order valence-electron chi connectivity index (χ2n) is 5.39. The third-order valence-corrected chi connectivity index (χ3v) is 4.09. The molecule has 0 unspecified atom stereocenters. The molecule has 0 aliphatic carbocycles. The number of hydrogen-bond donors (Lipinski definition) is 1. The summed E-state index contributed by atoms with van der Waals surface area (Å²) in [7, 11) is 0. The maximum atomic E-state index is 12.3. The van der Waals surface area contributed by atoms with E-state index in [1.54, 1.807) is 29.2 Å². The van der Waals surface area contributed by atoms with Crippen molar-refractivity contribution in [3.05, 3.63) is 47.5 Å². The van der Waals surface area contributed by atoms with E-state index in [1.165, 1.54) is 12.5 Å². The van der Waals surface area contributed by atoms with Crippen LogP contribution in [-0.2, 0) is 4.79 Å². The summed E-state index contributed by atoms with van der Waals surface area (Å²) in [4.78, 5) is 30.2. The van der Waals surface area contributed by atoms with Crippen molar-refractivity contribution >= 4 is 29.2 Å². The number of anilines is 1. The number of nitrogens with zero attached hydrogens (tertiary/aromatic N) is 2. The number of aromatic nitrogens is 1. The molecule has 1 fully saturated rings. The van der Waals surface area contributed by atoms with Crippen LogP contribution in [0, 0.1) is 5.92 Å². The van der Waals surface area contributed by atoms with Crippen LogP contribution in [0.2, 0.25) is 5.02 Å². The summed E-state index contributed by atoms with van der Waals surface area (Å²) in [5.74, 6) is 0.470. The molecular formula is C16H16ClN3O3. The molecule has 0 bridgehead atoms. The number of likely N-dealkylation sites (tertiary alicyclic amines) is 1. The van der Waals surface area contributed by atoms with Crippen LogP contribution in [0.1, 0.15) is 23.4 Å². The molecule has 0 saturated carbocycles. The van der Waals surface area contributed by atoms with Crippen LogP contribution in [0.5, 0.6) is 0 Å². The van der Waals surface area contributed by atoms with E-state index in [2.05, 4.69) is 10.3 Å². The number of carbonyl (C=O) groups excluding carboxylic acids is 2. The molecule has 1 aliphatic rings. The summed E-state index contributed by atoms with van der Waals surface area (Å²) in [6.45, 7) is 1.07. The van der Waals surface area contributed by atoms with E-state index < -0.39 is 0 Å². The van der Waals surface area contributed by atoms with Gasteiger partial charge in [0.25, 0.3) is 5.91 Å². The molecule has 0 spiro atoms. The number of rotatable bonds is 3. The summed E-state index contributed by atoms with van der Waals surface area (Å²) >= 11 is 5.76. The van der Waals surface area contributed by atoms with Gasteiger partial charge in [-0.2, -0.15) is 0 Å². The van der Waals surface area contributed by atoms with Crippen molar-refractivity contribution in [2.75, 3.05) is 18.4 Å². The first-order valence-corrected chi connectivity index (χ1v) is 7.76. The van der Waals surface area contributed by atoms with Crippen molar-refractivity contribution in [2.45, 2.75) is 12.8 Å². The first kappa shape index (κ1) is 15.6. The topological polar surface area (TPSA) is 75.4 Å².